The first kappa shape index (κ1) is 15.1. The van der Waals surface area contributed by atoms with Gasteiger partial charge in [0.05, 0.1) is 11.6 Å². The molecule has 4 rings (SSSR count). The summed E-state index contributed by atoms with van der Waals surface area (Å²) in [5.41, 5.74) is 3.38. The SMILES string of the molecule is Cc1nn(C)cc1CN1CC[C@H](c2nc(-c3ccccc3)no2)C1. The number of hydrogen-bond acceptors (Lipinski definition) is 5. The number of benzene rings is 1. The van der Waals surface area contributed by atoms with Gasteiger partial charge in [-0.2, -0.15) is 10.1 Å². The van der Waals surface area contributed by atoms with E-state index in [9.17, 15) is 0 Å². The first-order chi connectivity index (χ1) is 11.7. The highest BCUT2D eigenvalue weighted by molar-refractivity contribution is 5.53. The Morgan fingerprint density at radius 1 is 1.25 bits per heavy atom. The van der Waals surface area contributed by atoms with Crippen LogP contribution in [0.15, 0.2) is 41.1 Å². The highest BCUT2D eigenvalue weighted by Crippen LogP contribution is 2.28. The lowest BCUT2D eigenvalue weighted by atomic mass is 10.1. The van der Waals surface area contributed by atoms with Crippen LogP contribution in [-0.4, -0.2) is 37.9 Å². The quantitative estimate of drug-likeness (QED) is 0.739. The van der Waals surface area contributed by atoms with E-state index in [0.717, 1.165) is 43.2 Å². The Morgan fingerprint density at radius 3 is 2.83 bits per heavy atom. The minimum atomic E-state index is 0.312. The number of nitrogens with zero attached hydrogens (tertiary/aromatic N) is 5. The zero-order chi connectivity index (χ0) is 16.5. The molecule has 24 heavy (non-hydrogen) atoms. The molecule has 0 saturated carbocycles. The molecule has 0 aliphatic carbocycles. The summed E-state index contributed by atoms with van der Waals surface area (Å²) in [6, 6.07) is 9.96. The van der Waals surface area contributed by atoms with Crippen LogP contribution in [0.1, 0.15) is 29.5 Å². The van der Waals surface area contributed by atoms with Crippen LogP contribution in [0.25, 0.3) is 11.4 Å². The van der Waals surface area contributed by atoms with E-state index >= 15 is 0 Å². The van der Waals surface area contributed by atoms with Crippen molar-refractivity contribution in [3.8, 4) is 11.4 Å². The van der Waals surface area contributed by atoms with Crippen molar-refractivity contribution in [2.45, 2.75) is 25.8 Å². The fourth-order valence-electron chi connectivity index (χ4n) is 3.33. The van der Waals surface area contributed by atoms with Crippen molar-refractivity contribution in [2.24, 2.45) is 7.05 Å². The molecule has 0 radical (unpaired) electrons. The molecular formula is C18H21N5O. The van der Waals surface area contributed by atoms with Gasteiger partial charge < -0.3 is 4.52 Å². The van der Waals surface area contributed by atoms with E-state index in [1.807, 2.05) is 42.1 Å². The van der Waals surface area contributed by atoms with Gasteiger partial charge in [-0.25, -0.2) is 0 Å². The van der Waals surface area contributed by atoms with Crippen molar-refractivity contribution >= 4 is 0 Å². The number of hydrogen-bond donors (Lipinski definition) is 0. The minimum Gasteiger partial charge on any atom is -0.339 e. The van der Waals surface area contributed by atoms with Gasteiger partial charge >= 0.3 is 0 Å². The predicted octanol–water partition coefficient (Wildman–Crippen LogP) is 2.77. The molecule has 1 saturated heterocycles. The Labute approximate surface area is 141 Å². The van der Waals surface area contributed by atoms with E-state index in [4.69, 9.17) is 4.52 Å². The van der Waals surface area contributed by atoms with Crippen LogP contribution < -0.4 is 0 Å². The molecule has 0 amide bonds. The Morgan fingerprint density at radius 2 is 2.08 bits per heavy atom. The van der Waals surface area contributed by atoms with Gasteiger partial charge in [0.25, 0.3) is 0 Å². The molecule has 1 aromatic carbocycles. The van der Waals surface area contributed by atoms with E-state index in [-0.39, 0.29) is 0 Å². The van der Waals surface area contributed by atoms with Crippen LogP contribution in [0.4, 0.5) is 0 Å². The Kier molecular flexibility index (Phi) is 3.90. The molecular weight excluding hydrogens is 302 g/mol. The van der Waals surface area contributed by atoms with Gasteiger partial charge in [0.15, 0.2) is 0 Å². The van der Waals surface area contributed by atoms with Crippen LogP contribution in [0.3, 0.4) is 0 Å². The second-order valence-corrected chi connectivity index (χ2v) is 6.46. The molecule has 6 nitrogen and oxygen atoms in total. The molecule has 1 fully saturated rings. The molecule has 1 aliphatic heterocycles. The van der Waals surface area contributed by atoms with Crippen molar-refractivity contribution in [3.63, 3.8) is 0 Å². The number of aromatic nitrogens is 4. The lowest BCUT2D eigenvalue weighted by Gasteiger charge is -2.14. The highest BCUT2D eigenvalue weighted by Gasteiger charge is 2.29. The van der Waals surface area contributed by atoms with Crippen molar-refractivity contribution in [1.82, 2.24) is 24.8 Å². The fourth-order valence-corrected chi connectivity index (χ4v) is 3.33. The van der Waals surface area contributed by atoms with E-state index in [1.165, 1.54) is 5.56 Å². The van der Waals surface area contributed by atoms with Gasteiger partial charge in [0.2, 0.25) is 11.7 Å². The highest BCUT2D eigenvalue weighted by atomic mass is 16.5. The fraction of sp³-hybridized carbons (Fsp3) is 0.389. The monoisotopic (exact) mass is 323 g/mol. The minimum absolute atomic E-state index is 0.312. The lowest BCUT2D eigenvalue weighted by molar-refractivity contribution is 0.308. The molecule has 0 unspecified atom stereocenters. The van der Waals surface area contributed by atoms with Gasteiger partial charge in [0.1, 0.15) is 0 Å². The van der Waals surface area contributed by atoms with E-state index in [2.05, 4.69) is 33.3 Å². The van der Waals surface area contributed by atoms with Gasteiger partial charge in [-0.05, 0) is 19.9 Å². The second-order valence-electron chi connectivity index (χ2n) is 6.46. The summed E-state index contributed by atoms with van der Waals surface area (Å²) in [6.07, 6.45) is 3.15. The lowest BCUT2D eigenvalue weighted by Crippen LogP contribution is -2.20. The topological polar surface area (TPSA) is 60.0 Å². The summed E-state index contributed by atoms with van der Waals surface area (Å²) in [6.45, 7) is 4.98. The standard InChI is InChI=1S/C18H21N5O/c1-13-16(10-22(2)20-13)12-23-9-8-15(11-23)18-19-17(21-24-18)14-6-4-3-5-7-14/h3-7,10,15H,8-9,11-12H2,1-2H3/t15-/m0/s1. The molecule has 1 atom stereocenters. The van der Waals surface area contributed by atoms with Crippen LogP contribution in [-0.2, 0) is 13.6 Å². The zero-order valence-electron chi connectivity index (χ0n) is 14.0. The molecule has 124 valence electrons. The summed E-state index contributed by atoms with van der Waals surface area (Å²) in [4.78, 5) is 7.04. The third-order valence-electron chi connectivity index (χ3n) is 4.60. The van der Waals surface area contributed by atoms with Gasteiger partial charge in [0, 0.05) is 37.5 Å². The normalized spacial score (nSPS) is 18.3. The van der Waals surface area contributed by atoms with E-state index < -0.39 is 0 Å². The number of aryl methyl sites for hydroxylation is 2. The third-order valence-corrected chi connectivity index (χ3v) is 4.60. The van der Waals surface area contributed by atoms with E-state index in [1.54, 1.807) is 0 Å². The van der Waals surface area contributed by atoms with Crippen molar-refractivity contribution < 1.29 is 4.52 Å². The summed E-state index contributed by atoms with van der Waals surface area (Å²) in [5.74, 6) is 1.73. The summed E-state index contributed by atoms with van der Waals surface area (Å²) >= 11 is 0. The Balaban J connectivity index is 1.44. The maximum atomic E-state index is 5.53. The molecule has 0 bridgehead atoms. The average molecular weight is 323 g/mol. The number of likely N-dealkylation sites (tertiary alicyclic amines) is 1. The van der Waals surface area contributed by atoms with Gasteiger partial charge in [-0.3, -0.25) is 9.58 Å². The summed E-state index contributed by atoms with van der Waals surface area (Å²) in [5, 5.41) is 8.56. The first-order valence-electron chi connectivity index (χ1n) is 8.29. The molecule has 3 heterocycles. The predicted molar refractivity (Wildman–Crippen MR) is 90.3 cm³/mol. The van der Waals surface area contributed by atoms with Crippen molar-refractivity contribution in [1.29, 1.82) is 0 Å². The Hall–Kier alpha value is -2.47. The summed E-state index contributed by atoms with van der Waals surface area (Å²) in [7, 11) is 1.97. The maximum Gasteiger partial charge on any atom is 0.231 e. The molecule has 2 aromatic heterocycles. The van der Waals surface area contributed by atoms with Gasteiger partial charge in [-0.15, -0.1) is 0 Å². The molecule has 0 spiro atoms. The van der Waals surface area contributed by atoms with E-state index in [0.29, 0.717) is 11.7 Å². The van der Waals surface area contributed by atoms with Crippen LogP contribution >= 0.6 is 0 Å². The van der Waals surface area contributed by atoms with Crippen molar-refractivity contribution in [3.05, 3.63) is 53.7 Å². The first-order valence-corrected chi connectivity index (χ1v) is 8.29. The van der Waals surface area contributed by atoms with Crippen LogP contribution in [0.2, 0.25) is 0 Å². The second kappa shape index (κ2) is 6.20. The molecule has 0 N–H and O–H groups in total. The van der Waals surface area contributed by atoms with Gasteiger partial charge in [-0.1, -0.05) is 35.5 Å². The molecule has 6 heteroatoms. The largest absolute Gasteiger partial charge is 0.339 e. The molecule has 1 aliphatic rings. The third kappa shape index (κ3) is 2.97. The Bertz CT molecular complexity index is 823. The van der Waals surface area contributed by atoms with Crippen LogP contribution in [0, 0.1) is 6.92 Å². The zero-order valence-corrected chi connectivity index (χ0v) is 14.0. The average Bonchev–Trinajstić information content (AvgIpc) is 3.29. The summed E-state index contributed by atoms with van der Waals surface area (Å²) < 4.78 is 7.40. The molecule has 3 aromatic rings. The number of rotatable bonds is 4. The maximum absolute atomic E-state index is 5.53. The van der Waals surface area contributed by atoms with Crippen molar-refractivity contribution in [2.75, 3.05) is 13.1 Å². The van der Waals surface area contributed by atoms with Crippen LogP contribution in [0.5, 0.6) is 0 Å². The smallest absolute Gasteiger partial charge is 0.231 e.